The Morgan fingerprint density at radius 1 is 1.17 bits per heavy atom. The van der Waals surface area contributed by atoms with Crippen molar-refractivity contribution in [3.05, 3.63) is 69.7 Å². The van der Waals surface area contributed by atoms with Gasteiger partial charge >= 0.3 is 5.97 Å². The van der Waals surface area contributed by atoms with Crippen LogP contribution in [0, 0.1) is 0 Å². The van der Waals surface area contributed by atoms with Crippen LogP contribution in [0.4, 0.5) is 0 Å². The first-order valence-corrected chi connectivity index (χ1v) is 9.98. The third-order valence-electron chi connectivity index (χ3n) is 4.16. The summed E-state index contributed by atoms with van der Waals surface area (Å²) in [4.78, 5) is 28.7. The highest BCUT2D eigenvalue weighted by Gasteiger charge is 2.14. The van der Waals surface area contributed by atoms with E-state index in [1.165, 1.54) is 25.6 Å². The fourth-order valence-electron chi connectivity index (χ4n) is 2.71. The van der Waals surface area contributed by atoms with Gasteiger partial charge in [-0.25, -0.2) is 9.78 Å². The van der Waals surface area contributed by atoms with Gasteiger partial charge in [0.25, 0.3) is 0 Å². The maximum absolute atomic E-state index is 12.3. The third-order valence-corrected chi connectivity index (χ3v) is 5.41. The van der Waals surface area contributed by atoms with Crippen LogP contribution >= 0.6 is 22.9 Å². The van der Waals surface area contributed by atoms with Crippen LogP contribution in [-0.4, -0.2) is 31.1 Å². The molecular weight excluding hydrogens is 412 g/mol. The molecule has 0 spiro atoms. The molecule has 0 saturated carbocycles. The zero-order valence-corrected chi connectivity index (χ0v) is 17.5. The van der Waals surface area contributed by atoms with Gasteiger partial charge in [0.2, 0.25) is 5.91 Å². The molecule has 0 aliphatic heterocycles. The van der Waals surface area contributed by atoms with E-state index in [-0.39, 0.29) is 18.9 Å². The van der Waals surface area contributed by atoms with Gasteiger partial charge in [0.1, 0.15) is 16.3 Å². The average Bonchev–Trinajstić information content (AvgIpc) is 3.19. The summed E-state index contributed by atoms with van der Waals surface area (Å²) in [6, 6.07) is 12.6. The summed E-state index contributed by atoms with van der Waals surface area (Å²) in [5, 5.41) is 6.08. The Bertz CT molecular complexity index is 1040. The minimum absolute atomic E-state index is 0.154. The average molecular weight is 431 g/mol. The Balaban J connectivity index is 1.62. The molecule has 0 saturated heterocycles. The number of amides is 1. The number of hydrogen-bond donors (Lipinski definition) is 1. The number of thiazole rings is 1. The Hall–Kier alpha value is -2.90. The van der Waals surface area contributed by atoms with E-state index in [0.717, 1.165) is 16.1 Å². The predicted octanol–water partition coefficient (Wildman–Crippen LogP) is 4.12. The maximum atomic E-state index is 12.3. The molecule has 1 aromatic heterocycles. The molecule has 0 aliphatic rings. The second kappa shape index (κ2) is 9.54. The van der Waals surface area contributed by atoms with E-state index in [1.54, 1.807) is 18.2 Å². The Labute approximate surface area is 177 Å². The summed E-state index contributed by atoms with van der Waals surface area (Å²) < 4.78 is 9.93. The van der Waals surface area contributed by atoms with E-state index in [2.05, 4.69) is 10.3 Å². The number of esters is 1. The van der Waals surface area contributed by atoms with Crippen LogP contribution in [0.25, 0.3) is 10.6 Å². The Kier molecular flexibility index (Phi) is 6.85. The molecule has 3 aromatic rings. The molecule has 3 rings (SSSR count). The lowest BCUT2D eigenvalue weighted by atomic mass is 10.1. The van der Waals surface area contributed by atoms with Gasteiger partial charge in [0.15, 0.2) is 0 Å². The monoisotopic (exact) mass is 430 g/mol. The van der Waals surface area contributed by atoms with Crippen LogP contribution in [0.15, 0.2) is 47.8 Å². The second-order valence-electron chi connectivity index (χ2n) is 6.10. The van der Waals surface area contributed by atoms with Crippen LogP contribution in [0.1, 0.15) is 21.6 Å². The number of nitrogens with one attached hydrogen (secondary N) is 1. The van der Waals surface area contributed by atoms with Gasteiger partial charge in [0.05, 0.1) is 31.4 Å². The minimum atomic E-state index is -0.496. The van der Waals surface area contributed by atoms with Gasteiger partial charge in [0, 0.05) is 17.5 Å². The van der Waals surface area contributed by atoms with Gasteiger partial charge in [-0.1, -0.05) is 35.9 Å². The fourth-order valence-corrected chi connectivity index (χ4v) is 3.85. The zero-order valence-electron chi connectivity index (χ0n) is 15.9. The van der Waals surface area contributed by atoms with Gasteiger partial charge in [-0.05, 0) is 23.8 Å². The number of methoxy groups -OCH3 is 2. The molecule has 8 heteroatoms. The highest BCUT2D eigenvalue weighted by molar-refractivity contribution is 7.13. The molecule has 2 aromatic carbocycles. The quantitative estimate of drug-likeness (QED) is 0.570. The number of rotatable bonds is 7. The minimum Gasteiger partial charge on any atom is -0.496 e. The lowest BCUT2D eigenvalue weighted by Gasteiger charge is -2.10. The third kappa shape index (κ3) is 5.13. The van der Waals surface area contributed by atoms with Gasteiger partial charge in [-0.15, -0.1) is 11.3 Å². The van der Waals surface area contributed by atoms with Gasteiger partial charge < -0.3 is 14.8 Å². The van der Waals surface area contributed by atoms with Crippen LogP contribution in [0.5, 0.6) is 5.75 Å². The fraction of sp³-hybridized carbons (Fsp3) is 0.190. The molecule has 29 heavy (non-hydrogen) atoms. The van der Waals surface area contributed by atoms with Crippen molar-refractivity contribution in [3.63, 3.8) is 0 Å². The number of ether oxygens (including phenoxy) is 2. The molecule has 150 valence electrons. The molecule has 0 atom stereocenters. The maximum Gasteiger partial charge on any atom is 0.341 e. The van der Waals surface area contributed by atoms with E-state index >= 15 is 0 Å². The van der Waals surface area contributed by atoms with Crippen molar-refractivity contribution in [2.75, 3.05) is 14.2 Å². The predicted molar refractivity (Wildman–Crippen MR) is 112 cm³/mol. The molecule has 1 amide bonds. The number of aromatic nitrogens is 1. The molecule has 1 N–H and O–H groups in total. The molecule has 0 bridgehead atoms. The lowest BCUT2D eigenvalue weighted by Crippen LogP contribution is -2.24. The molecule has 0 fully saturated rings. The summed E-state index contributed by atoms with van der Waals surface area (Å²) in [6.07, 6.45) is 0.154. The van der Waals surface area contributed by atoms with E-state index < -0.39 is 5.97 Å². The zero-order chi connectivity index (χ0) is 20.8. The first kappa shape index (κ1) is 20.8. The van der Waals surface area contributed by atoms with E-state index in [4.69, 9.17) is 21.1 Å². The van der Waals surface area contributed by atoms with Crippen molar-refractivity contribution in [2.24, 2.45) is 0 Å². The van der Waals surface area contributed by atoms with Crippen LogP contribution in [-0.2, 0) is 22.5 Å². The second-order valence-corrected chi connectivity index (χ2v) is 7.37. The molecular formula is C21H19ClN2O4S. The molecule has 6 nitrogen and oxygen atoms in total. The summed E-state index contributed by atoms with van der Waals surface area (Å²) in [5.41, 5.74) is 2.59. The SMILES string of the molecule is COC(=O)c1cc(CNC(=O)Cc2csc(-c3ccccc3Cl)n2)ccc1OC. The topological polar surface area (TPSA) is 77.5 Å². The first-order chi connectivity index (χ1) is 14.0. The van der Waals surface area contributed by atoms with Crippen LogP contribution in [0.2, 0.25) is 5.02 Å². The van der Waals surface area contributed by atoms with E-state index in [1.807, 2.05) is 29.6 Å². The number of benzene rings is 2. The van der Waals surface area contributed by atoms with E-state index in [0.29, 0.717) is 22.0 Å². The van der Waals surface area contributed by atoms with Crippen molar-refractivity contribution in [3.8, 4) is 16.3 Å². The number of nitrogens with zero attached hydrogens (tertiary/aromatic N) is 1. The smallest absolute Gasteiger partial charge is 0.341 e. The normalized spacial score (nSPS) is 10.4. The van der Waals surface area contributed by atoms with Crippen molar-refractivity contribution in [1.29, 1.82) is 0 Å². The lowest BCUT2D eigenvalue weighted by molar-refractivity contribution is -0.120. The van der Waals surface area contributed by atoms with Gasteiger partial charge in [-0.2, -0.15) is 0 Å². The molecule has 1 heterocycles. The van der Waals surface area contributed by atoms with Crippen LogP contribution in [0.3, 0.4) is 0 Å². The summed E-state index contributed by atoms with van der Waals surface area (Å²) in [6.45, 7) is 0.272. The number of carbonyl (C=O) groups excluding carboxylic acids is 2. The summed E-state index contributed by atoms with van der Waals surface area (Å²) in [7, 11) is 2.79. The Morgan fingerprint density at radius 2 is 1.97 bits per heavy atom. The highest BCUT2D eigenvalue weighted by Crippen LogP contribution is 2.30. The Morgan fingerprint density at radius 3 is 2.69 bits per heavy atom. The van der Waals surface area contributed by atoms with Crippen LogP contribution < -0.4 is 10.1 Å². The molecule has 0 radical (unpaired) electrons. The summed E-state index contributed by atoms with van der Waals surface area (Å²) in [5.74, 6) is -0.248. The van der Waals surface area contributed by atoms with Gasteiger partial charge in [-0.3, -0.25) is 4.79 Å². The highest BCUT2D eigenvalue weighted by atomic mass is 35.5. The van der Waals surface area contributed by atoms with E-state index in [9.17, 15) is 9.59 Å². The van der Waals surface area contributed by atoms with Crippen molar-refractivity contribution in [1.82, 2.24) is 10.3 Å². The standard InChI is InChI=1S/C21H19ClN2O4S/c1-27-18-8-7-13(9-16(18)21(26)28-2)11-23-19(25)10-14-12-29-20(24-14)15-5-3-4-6-17(15)22/h3-9,12H,10-11H2,1-2H3,(H,23,25). The molecule has 0 unspecified atom stereocenters. The van der Waals surface area contributed by atoms with Crippen molar-refractivity contribution < 1.29 is 19.1 Å². The summed E-state index contributed by atoms with van der Waals surface area (Å²) >= 11 is 7.65. The van der Waals surface area contributed by atoms with Crippen molar-refractivity contribution in [2.45, 2.75) is 13.0 Å². The number of carbonyl (C=O) groups is 2. The molecule has 0 aliphatic carbocycles. The largest absolute Gasteiger partial charge is 0.496 e. The van der Waals surface area contributed by atoms with Crippen molar-refractivity contribution >= 4 is 34.8 Å². The number of halogens is 1. The first-order valence-electron chi connectivity index (χ1n) is 8.73. The number of hydrogen-bond acceptors (Lipinski definition) is 6.